The maximum absolute atomic E-state index is 12.8. The number of morpholine rings is 1. The van der Waals surface area contributed by atoms with Crippen LogP contribution in [0.25, 0.3) is 0 Å². The summed E-state index contributed by atoms with van der Waals surface area (Å²) >= 11 is 0. The summed E-state index contributed by atoms with van der Waals surface area (Å²) in [7, 11) is -3.66. The third kappa shape index (κ3) is 5.88. The molecule has 1 fully saturated rings. The van der Waals surface area contributed by atoms with Gasteiger partial charge in [-0.15, -0.1) is 0 Å². The average molecular weight is 470 g/mol. The van der Waals surface area contributed by atoms with Crippen molar-refractivity contribution in [3.63, 3.8) is 0 Å². The molecule has 33 heavy (non-hydrogen) atoms. The summed E-state index contributed by atoms with van der Waals surface area (Å²) < 4.78 is 37.9. The lowest BCUT2D eigenvalue weighted by atomic mass is 10.1. The Morgan fingerprint density at radius 2 is 1.70 bits per heavy atom. The number of amides is 1. The molecule has 174 valence electrons. The summed E-state index contributed by atoms with van der Waals surface area (Å²) in [5, 5.41) is 2.85. The van der Waals surface area contributed by atoms with E-state index in [9.17, 15) is 13.2 Å². The fourth-order valence-corrected chi connectivity index (χ4v) is 4.99. The first-order valence-electron chi connectivity index (χ1n) is 10.8. The van der Waals surface area contributed by atoms with E-state index in [0.29, 0.717) is 46.1 Å². The highest BCUT2D eigenvalue weighted by Crippen LogP contribution is 2.18. The number of sulfonamides is 1. The number of aromatic nitrogens is 1. The Morgan fingerprint density at radius 3 is 2.45 bits per heavy atom. The van der Waals surface area contributed by atoms with Gasteiger partial charge in [0.15, 0.2) is 0 Å². The van der Waals surface area contributed by atoms with Crippen LogP contribution in [0.1, 0.15) is 27.2 Å². The number of nitrogens with one attached hydrogen (secondary N) is 2. The van der Waals surface area contributed by atoms with Gasteiger partial charge in [0.1, 0.15) is 10.6 Å². The summed E-state index contributed by atoms with van der Waals surface area (Å²) in [6.45, 7) is 2.57. The minimum absolute atomic E-state index is 0.0734. The topological polar surface area (TPSA) is 101 Å². The van der Waals surface area contributed by atoms with Gasteiger partial charge in [-0.2, -0.15) is 4.31 Å². The molecule has 3 aromatic rings. The summed E-state index contributed by atoms with van der Waals surface area (Å²) in [5.41, 5.74) is 3.21. The molecule has 0 atom stereocenters. The number of benzene rings is 2. The van der Waals surface area contributed by atoms with Crippen LogP contribution in [-0.4, -0.2) is 49.9 Å². The van der Waals surface area contributed by atoms with E-state index in [2.05, 4.69) is 10.3 Å². The van der Waals surface area contributed by atoms with Gasteiger partial charge in [0.05, 0.1) is 26.4 Å². The SMILES string of the molecule is O=C(NCc1ccccc1COCc1ccccc1)c1cc(S(=O)(=O)N2CCOCC2)c[nH]1. The fourth-order valence-electron chi connectivity index (χ4n) is 3.59. The number of carbonyl (C=O) groups is 1. The van der Waals surface area contributed by atoms with E-state index >= 15 is 0 Å². The van der Waals surface area contributed by atoms with Gasteiger partial charge in [-0.1, -0.05) is 54.6 Å². The van der Waals surface area contributed by atoms with E-state index in [1.54, 1.807) is 0 Å². The number of carbonyl (C=O) groups excluding carboxylic acids is 1. The molecular formula is C24H27N3O5S. The molecule has 0 bridgehead atoms. The second-order valence-corrected chi connectivity index (χ2v) is 9.63. The van der Waals surface area contributed by atoms with Crippen LogP contribution in [0.15, 0.2) is 71.8 Å². The van der Waals surface area contributed by atoms with Gasteiger partial charge >= 0.3 is 0 Å². The van der Waals surface area contributed by atoms with E-state index in [0.717, 1.165) is 16.7 Å². The van der Waals surface area contributed by atoms with Crippen LogP contribution < -0.4 is 5.32 Å². The normalized spacial score (nSPS) is 14.8. The molecule has 8 nitrogen and oxygen atoms in total. The van der Waals surface area contributed by atoms with Crippen molar-refractivity contribution in [2.45, 2.75) is 24.7 Å². The van der Waals surface area contributed by atoms with E-state index in [4.69, 9.17) is 9.47 Å². The average Bonchev–Trinajstić information content (AvgIpc) is 3.36. The van der Waals surface area contributed by atoms with Crippen molar-refractivity contribution in [3.05, 3.63) is 89.2 Å². The number of nitrogens with zero attached hydrogens (tertiary/aromatic N) is 1. The predicted molar refractivity (Wildman–Crippen MR) is 123 cm³/mol. The molecule has 1 amide bonds. The summed E-state index contributed by atoms with van der Waals surface area (Å²) in [4.78, 5) is 15.5. The molecular weight excluding hydrogens is 442 g/mol. The first-order chi connectivity index (χ1) is 16.0. The zero-order valence-corrected chi connectivity index (χ0v) is 19.0. The molecule has 1 aliphatic rings. The molecule has 4 rings (SSSR count). The molecule has 1 aliphatic heterocycles. The van der Waals surface area contributed by atoms with Gasteiger partial charge in [0.25, 0.3) is 5.91 Å². The maximum Gasteiger partial charge on any atom is 0.268 e. The molecule has 2 aromatic carbocycles. The third-order valence-electron chi connectivity index (χ3n) is 5.44. The minimum Gasteiger partial charge on any atom is -0.379 e. The molecule has 0 saturated carbocycles. The maximum atomic E-state index is 12.8. The smallest absolute Gasteiger partial charge is 0.268 e. The Balaban J connectivity index is 1.34. The molecule has 1 saturated heterocycles. The molecule has 2 heterocycles. The van der Waals surface area contributed by atoms with Crippen molar-refractivity contribution in [2.24, 2.45) is 0 Å². The van der Waals surface area contributed by atoms with Crippen molar-refractivity contribution in [3.8, 4) is 0 Å². The second kappa shape index (κ2) is 10.8. The van der Waals surface area contributed by atoms with E-state index in [1.807, 2.05) is 54.6 Å². The zero-order valence-electron chi connectivity index (χ0n) is 18.2. The molecule has 9 heteroatoms. The van der Waals surface area contributed by atoms with Crippen molar-refractivity contribution in [2.75, 3.05) is 26.3 Å². The van der Waals surface area contributed by atoms with Crippen molar-refractivity contribution >= 4 is 15.9 Å². The van der Waals surface area contributed by atoms with Gasteiger partial charge in [-0.05, 0) is 22.8 Å². The van der Waals surface area contributed by atoms with E-state index in [-0.39, 0.29) is 16.5 Å². The van der Waals surface area contributed by atoms with Crippen molar-refractivity contribution < 1.29 is 22.7 Å². The lowest BCUT2D eigenvalue weighted by Crippen LogP contribution is -2.40. The lowest BCUT2D eigenvalue weighted by Gasteiger charge is -2.25. The Kier molecular flexibility index (Phi) is 7.56. The number of aromatic amines is 1. The number of H-pyrrole nitrogens is 1. The number of ether oxygens (including phenoxy) is 2. The Bertz CT molecular complexity index is 1170. The van der Waals surface area contributed by atoms with Gasteiger partial charge in [-0.25, -0.2) is 8.42 Å². The highest BCUT2D eigenvalue weighted by Gasteiger charge is 2.28. The predicted octanol–water partition coefficient (Wildman–Crippen LogP) is 2.68. The zero-order chi connectivity index (χ0) is 23.1. The first kappa shape index (κ1) is 23.2. The van der Waals surface area contributed by atoms with Crippen molar-refractivity contribution in [1.82, 2.24) is 14.6 Å². The Morgan fingerprint density at radius 1 is 1.00 bits per heavy atom. The molecule has 1 aromatic heterocycles. The van der Waals surface area contributed by atoms with Crippen LogP contribution in [-0.2, 0) is 39.3 Å². The van der Waals surface area contributed by atoms with Crippen LogP contribution >= 0.6 is 0 Å². The third-order valence-corrected chi connectivity index (χ3v) is 7.31. The Hall–Kier alpha value is -2.98. The highest BCUT2D eigenvalue weighted by atomic mass is 32.2. The van der Waals surface area contributed by atoms with Crippen LogP contribution in [0.3, 0.4) is 0 Å². The monoisotopic (exact) mass is 469 g/mol. The molecule has 0 unspecified atom stereocenters. The van der Waals surface area contributed by atoms with Crippen LogP contribution in [0, 0.1) is 0 Å². The van der Waals surface area contributed by atoms with Crippen LogP contribution in [0.5, 0.6) is 0 Å². The van der Waals surface area contributed by atoms with Crippen LogP contribution in [0.4, 0.5) is 0 Å². The van der Waals surface area contributed by atoms with Gasteiger partial charge < -0.3 is 19.8 Å². The number of hydrogen-bond acceptors (Lipinski definition) is 5. The molecule has 2 N–H and O–H groups in total. The second-order valence-electron chi connectivity index (χ2n) is 7.70. The summed E-state index contributed by atoms with van der Waals surface area (Å²) in [6.07, 6.45) is 1.35. The largest absolute Gasteiger partial charge is 0.379 e. The quantitative estimate of drug-likeness (QED) is 0.502. The van der Waals surface area contributed by atoms with Gasteiger partial charge in [-0.3, -0.25) is 4.79 Å². The molecule has 0 aliphatic carbocycles. The van der Waals surface area contributed by atoms with Crippen molar-refractivity contribution in [1.29, 1.82) is 0 Å². The number of rotatable bonds is 9. The van der Waals surface area contributed by atoms with E-state index < -0.39 is 10.0 Å². The molecule has 0 radical (unpaired) electrons. The Labute approximate surface area is 193 Å². The minimum atomic E-state index is -3.66. The van der Waals surface area contributed by atoms with Gasteiger partial charge in [0, 0.05) is 25.8 Å². The van der Waals surface area contributed by atoms with Gasteiger partial charge in [0.2, 0.25) is 10.0 Å². The lowest BCUT2D eigenvalue weighted by molar-refractivity contribution is 0.0730. The standard InChI is InChI=1S/C24H27N3O5S/c28-24(23-14-22(16-25-23)33(29,30)27-10-12-31-13-11-27)26-15-20-8-4-5-9-21(20)18-32-17-19-6-2-1-3-7-19/h1-9,14,16,25H,10-13,15,17-18H2,(H,26,28). The van der Waals surface area contributed by atoms with E-state index in [1.165, 1.54) is 16.6 Å². The first-order valence-corrected chi connectivity index (χ1v) is 12.2. The summed E-state index contributed by atoms with van der Waals surface area (Å²) in [6, 6.07) is 19.0. The molecule has 0 spiro atoms. The highest BCUT2D eigenvalue weighted by molar-refractivity contribution is 7.89. The number of hydrogen-bond donors (Lipinski definition) is 2. The summed E-state index contributed by atoms with van der Waals surface area (Å²) in [5.74, 6) is -0.376. The van der Waals surface area contributed by atoms with Crippen LogP contribution in [0.2, 0.25) is 0 Å². The fraction of sp³-hybridized carbons (Fsp3) is 0.292.